The normalized spacial score (nSPS) is 15.6. The molecule has 1 saturated heterocycles. The molecule has 1 aliphatic heterocycles. The van der Waals surface area contributed by atoms with Crippen molar-refractivity contribution >= 4 is 33.5 Å². The first-order chi connectivity index (χ1) is 17.1. The van der Waals surface area contributed by atoms with E-state index in [1.165, 1.54) is 6.07 Å². The molecular formula is C24H25F3N8O. The minimum atomic E-state index is -4.47. The number of amides is 1. The van der Waals surface area contributed by atoms with Crippen LogP contribution in [0.1, 0.15) is 21.6 Å². The predicted octanol–water partition coefficient (Wildman–Crippen LogP) is 2.92. The largest absolute Gasteiger partial charge is 0.417 e. The molecule has 0 aliphatic carbocycles. The Morgan fingerprint density at radius 3 is 2.47 bits per heavy atom. The van der Waals surface area contributed by atoms with E-state index < -0.39 is 11.7 Å². The second-order valence-corrected chi connectivity index (χ2v) is 8.92. The highest BCUT2D eigenvalue weighted by Gasteiger charge is 2.31. The molecule has 5 rings (SSSR count). The van der Waals surface area contributed by atoms with Gasteiger partial charge in [0.1, 0.15) is 5.82 Å². The second-order valence-electron chi connectivity index (χ2n) is 8.92. The number of fused-ring (bicyclic) bond motifs is 3. The number of carbonyl (C=O) groups is 1. The summed E-state index contributed by atoms with van der Waals surface area (Å²) in [6.45, 7) is 2.74. The minimum Gasteiger partial charge on any atom is -0.383 e. The van der Waals surface area contributed by atoms with Crippen LogP contribution < -0.4 is 5.73 Å². The Balaban J connectivity index is 1.52. The number of pyridine rings is 2. The minimum absolute atomic E-state index is 0.0415. The summed E-state index contributed by atoms with van der Waals surface area (Å²) in [5.74, 6) is 0.0763. The summed E-state index contributed by atoms with van der Waals surface area (Å²) in [5, 5.41) is 9.19. The number of hydrazine groups is 1. The van der Waals surface area contributed by atoms with Crippen LogP contribution in [0.4, 0.5) is 19.0 Å². The maximum Gasteiger partial charge on any atom is 0.417 e. The Hall–Kier alpha value is -3.77. The number of piperazine rings is 1. The highest BCUT2D eigenvalue weighted by Crippen LogP contribution is 2.30. The first kappa shape index (κ1) is 23.9. The molecule has 36 heavy (non-hydrogen) atoms. The monoisotopic (exact) mass is 498 g/mol. The van der Waals surface area contributed by atoms with Crippen LogP contribution in [0, 0.1) is 0 Å². The number of nitrogen functional groups attached to an aromatic ring is 1. The van der Waals surface area contributed by atoms with Crippen molar-refractivity contribution in [1.82, 2.24) is 34.7 Å². The lowest BCUT2D eigenvalue weighted by molar-refractivity contribution is -0.137. The average molecular weight is 499 g/mol. The Labute approximate surface area is 204 Å². The Morgan fingerprint density at radius 2 is 1.81 bits per heavy atom. The van der Waals surface area contributed by atoms with Crippen LogP contribution in [0.15, 0.2) is 42.7 Å². The maximum atomic E-state index is 13.8. The van der Waals surface area contributed by atoms with Crippen molar-refractivity contribution in [2.24, 2.45) is 7.05 Å². The standard InChI is InChI=1S/C24H25F3N8O/c1-32-7-9-34(10-8-32)35(14-17-5-4-16(12-29-17)24(25,26)27)23(36)15-3-6-20-18(11-15)21-19(22(28)31-20)13-30-33(21)2/h3-6,11-13H,7-10,14H2,1-2H3,(H2,28,31). The fourth-order valence-electron chi connectivity index (χ4n) is 4.42. The number of likely N-dealkylation sites (N-methyl/N-ethyl adjacent to an activating group) is 1. The molecule has 0 atom stereocenters. The second kappa shape index (κ2) is 9.03. The summed E-state index contributed by atoms with van der Waals surface area (Å²) < 4.78 is 40.7. The van der Waals surface area contributed by atoms with Crippen LogP contribution in [-0.2, 0) is 19.8 Å². The number of benzene rings is 1. The molecule has 3 aromatic heterocycles. The number of halogens is 3. The number of anilines is 1. The van der Waals surface area contributed by atoms with E-state index in [2.05, 4.69) is 20.0 Å². The van der Waals surface area contributed by atoms with Gasteiger partial charge in [-0.3, -0.25) is 19.5 Å². The maximum absolute atomic E-state index is 13.8. The molecule has 9 nitrogen and oxygen atoms in total. The van der Waals surface area contributed by atoms with Crippen molar-refractivity contribution in [3.63, 3.8) is 0 Å². The zero-order valence-corrected chi connectivity index (χ0v) is 19.8. The first-order valence-corrected chi connectivity index (χ1v) is 11.4. The quantitative estimate of drug-likeness (QED) is 0.462. The van der Waals surface area contributed by atoms with E-state index in [0.717, 1.165) is 36.3 Å². The van der Waals surface area contributed by atoms with Crippen molar-refractivity contribution in [2.75, 3.05) is 39.0 Å². The molecule has 12 heteroatoms. The zero-order chi connectivity index (χ0) is 25.6. The molecule has 1 aromatic carbocycles. The third kappa shape index (κ3) is 4.44. The number of rotatable bonds is 4. The van der Waals surface area contributed by atoms with Crippen molar-refractivity contribution in [3.8, 4) is 0 Å². The SMILES string of the molecule is CN1CCN(N(Cc2ccc(C(F)(F)F)cn2)C(=O)c2ccc3nc(N)c4cnn(C)c4c3c2)CC1. The molecule has 0 saturated carbocycles. The van der Waals surface area contributed by atoms with Crippen LogP contribution in [0.2, 0.25) is 0 Å². The molecule has 0 unspecified atom stereocenters. The lowest BCUT2D eigenvalue weighted by Gasteiger charge is -2.40. The molecule has 2 N–H and O–H groups in total. The van der Waals surface area contributed by atoms with Gasteiger partial charge < -0.3 is 10.6 Å². The molecule has 0 spiro atoms. The van der Waals surface area contributed by atoms with Crippen LogP contribution in [-0.4, -0.2) is 73.8 Å². The van der Waals surface area contributed by atoms with Crippen molar-refractivity contribution in [2.45, 2.75) is 12.7 Å². The Kier molecular flexibility index (Phi) is 6.00. The fourth-order valence-corrected chi connectivity index (χ4v) is 4.42. The van der Waals surface area contributed by atoms with Gasteiger partial charge in [0.15, 0.2) is 0 Å². The summed E-state index contributed by atoms with van der Waals surface area (Å²) in [4.78, 5) is 24.4. The van der Waals surface area contributed by atoms with Gasteiger partial charge in [-0.2, -0.15) is 18.3 Å². The molecule has 1 aliphatic rings. The number of aryl methyl sites for hydroxylation is 1. The van der Waals surface area contributed by atoms with E-state index in [1.54, 1.807) is 41.1 Å². The van der Waals surface area contributed by atoms with Gasteiger partial charge in [0.05, 0.1) is 40.4 Å². The Morgan fingerprint density at radius 1 is 1.06 bits per heavy atom. The summed E-state index contributed by atoms with van der Waals surface area (Å²) in [5.41, 5.74) is 7.44. The van der Waals surface area contributed by atoms with E-state index in [1.807, 2.05) is 12.1 Å². The van der Waals surface area contributed by atoms with E-state index in [-0.39, 0.29) is 12.5 Å². The lowest BCUT2D eigenvalue weighted by Crippen LogP contribution is -2.54. The summed E-state index contributed by atoms with van der Waals surface area (Å²) >= 11 is 0. The van der Waals surface area contributed by atoms with Gasteiger partial charge in [-0.1, -0.05) is 0 Å². The molecule has 4 heterocycles. The third-order valence-corrected chi connectivity index (χ3v) is 6.47. The molecule has 1 amide bonds. The van der Waals surface area contributed by atoms with Gasteiger partial charge in [-0.15, -0.1) is 0 Å². The number of carbonyl (C=O) groups excluding carboxylic acids is 1. The molecule has 0 bridgehead atoms. The number of nitrogens with zero attached hydrogens (tertiary/aromatic N) is 7. The summed E-state index contributed by atoms with van der Waals surface area (Å²) in [6, 6.07) is 7.48. The highest BCUT2D eigenvalue weighted by atomic mass is 19.4. The van der Waals surface area contributed by atoms with Gasteiger partial charge in [0.25, 0.3) is 5.91 Å². The van der Waals surface area contributed by atoms with E-state index in [0.29, 0.717) is 41.1 Å². The fraction of sp³-hybridized carbons (Fsp3) is 0.333. The molecule has 1 fully saturated rings. The summed E-state index contributed by atoms with van der Waals surface area (Å²) in [6.07, 6.45) is -2.04. The van der Waals surface area contributed by atoms with E-state index >= 15 is 0 Å². The van der Waals surface area contributed by atoms with Gasteiger partial charge >= 0.3 is 6.18 Å². The van der Waals surface area contributed by atoms with Gasteiger partial charge in [0, 0.05) is 50.4 Å². The number of aromatic nitrogens is 4. The van der Waals surface area contributed by atoms with Gasteiger partial charge in [-0.25, -0.2) is 9.99 Å². The van der Waals surface area contributed by atoms with Gasteiger partial charge in [-0.05, 0) is 37.4 Å². The smallest absolute Gasteiger partial charge is 0.383 e. The van der Waals surface area contributed by atoms with Crippen molar-refractivity contribution < 1.29 is 18.0 Å². The molecule has 4 aromatic rings. The van der Waals surface area contributed by atoms with E-state index in [4.69, 9.17) is 5.73 Å². The number of hydrogen-bond donors (Lipinski definition) is 1. The molecular weight excluding hydrogens is 473 g/mol. The van der Waals surface area contributed by atoms with Crippen molar-refractivity contribution in [3.05, 3.63) is 59.5 Å². The predicted molar refractivity (Wildman–Crippen MR) is 129 cm³/mol. The number of hydrogen-bond acceptors (Lipinski definition) is 7. The van der Waals surface area contributed by atoms with Crippen LogP contribution in [0.5, 0.6) is 0 Å². The van der Waals surface area contributed by atoms with Crippen LogP contribution in [0.3, 0.4) is 0 Å². The van der Waals surface area contributed by atoms with E-state index in [9.17, 15) is 18.0 Å². The number of nitrogens with two attached hydrogens (primary N) is 1. The topological polar surface area (TPSA) is 96.4 Å². The number of alkyl halides is 3. The highest BCUT2D eigenvalue weighted by molar-refractivity contribution is 6.10. The average Bonchev–Trinajstić information content (AvgIpc) is 3.25. The lowest BCUT2D eigenvalue weighted by atomic mass is 10.1. The summed E-state index contributed by atoms with van der Waals surface area (Å²) in [7, 11) is 3.80. The molecule has 188 valence electrons. The van der Waals surface area contributed by atoms with Gasteiger partial charge in [0.2, 0.25) is 0 Å². The van der Waals surface area contributed by atoms with Crippen LogP contribution in [0.25, 0.3) is 21.8 Å². The molecule has 0 radical (unpaired) electrons. The zero-order valence-electron chi connectivity index (χ0n) is 19.8. The third-order valence-electron chi connectivity index (χ3n) is 6.47. The van der Waals surface area contributed by atoms with Crippen molar-refractivity contribution in [1.29, 1.82) is 0 Å². The van der Waals surface area contributed by atoms with Crippen LogP contribution >= 0.6 is 0 Å². The Bertz CT molecular complexity index is 1430. The first-order valence-electron chi connectivity index (χ1n) is 11.4.